The normalized spacial score (nSPS) is 18.7. The second-order valence-electron chi connectivity index (χ2n) is 4.33. The molecule has 0 rings (SSSR count). The van der Waals surface area contributed by atoms with Gasteiger partial charge in [0.1, 0.15) is 0 Å². The van der Waals surface area contributed by atoms with E-state index >= 15 is 0 Å². The molecule has 2 heteroatoms. The number of hydrogen-bond acceptors (Lipinski definition) is 2. The maximum atomic E-state index is 9.96. The van der Waals surface area contributed by atoms with Crippen LogP contribution in [0, 0.1) is 17.8 Å². The number of hydrogen-bond donors (Lipinski definition) is 1. The standard InChI is InChI=1S/C13H23NO/c1-7-9(2)13(15)12(5)11(4)10(3)8-14-6/h7,10-13,15H,1-2,6,8H2,3-5H3. The molecule has 0 bridgehead atoms. The molecule has 0 saturated heterocycles. The quantitative estimate of drug-likeness (QED) is 0.507. The van der Waals surface area contributed by atoms with Gasteiger partial charge in [-0.15, -0.1) is 0 Å². The Hall–Kier alpha value is -0.890. The van der Waals surface area contributed by atoms with E-state index in [0.717, 1.165) is 6.54 Å². The fourth-order valence-corrected chi connectivity index (χ4v) is 1.63. The Labute approximate surface area is 93.4 Å². The number of aliphatic hydroxyl groups excluding tert-OH is 1. The number of rotatable bonds is 7. The third-order valence-electron chi connectivity index (χ3n) is 3.28. The smallest absolute Gasteiger partial charge is 0.0812 e. The summed E-state index contributed by atoms with van der Waals surface area (Å²) in [5, 5.41) is 9.96. The zero-order chi connectivity index (χ0) is 12.0. The number of aliphatic imine (C=N–C) groups is 1. The van der Waals surface area contributed by atoms with Crippen molar-refractivity contribution in [1.82, 2.24) is 0 Å². The van der Waals surface area contributed by atoms with Gasteiger partial charge in [-0.3, -0.25) is 0 Å². The molecule has 0 aromatic carbocycles. The molecule has 86 valence electrons. The van der Waals surface area contributed by atoms with Crippen molar-refractivity contribution in [2.75, 3.05) is 6.54 Å². The lowest BCUT2D eigenvalue weighted by Crippen LogP contribution is -2.29. The van der Waals surface area contributed by atoms with Gasteiger partial charge in [0, 0.05) is 6.54 Å². The average molecular weight is 209 g/mol. The molecule has 4 atom stereocenters. The Kier molecular flexibility index (Phi) is 6.18. The van der Waals surface area contributed by atoms with Gasteiger partial charge >= 0.3 is 0 Å². The van der Waals surface area contributed by atoms with Gasteiger partial charge in [-0.05, 0) is 30.0 Å². The molecule has 0 spiro atoms. The first-order valence-electron chi connectivity index (χ1n) is 5.37. The second-order valence-corrected chi connectivity index (χ2v) is 4.33. The lowest BCUT2D eigenvalue weighted by Gasteiger charge is -2.29. The molecule has 0 fully saturated rings. The Morgan fingerprint density at radius 3 is 2.27 bits per heavy atom. The maximum absolute atomic E-state index is 9.96. The highest BCUT2D eigenvalue weighted by Crippen LogP contribution is 2.26. The van der Waals surface area contributed by atoms with E-state index in [1.165, 1.54) is 0 Å². The third kappa shape index (κ3) is 4.00. The third-order valence-corrected chi connectivity index (χ3v) is 3.28. The van der Waals surface area contributed by atoms with Crippen molar-refractivity contribution >= 4 is 6.72 Å². The molecule has 15 heavy (non-hydrogen) atoms. The average Bonchev–Trinajstić information content (AvgIpc) is 2.25. The molecule has 0 radical (unpaired) electrons. The van der Waals surface area contributed by atoms with Crippen molar-refractivity contribution < 1.29 is 5.11 Å². The molecule has 4 unspecified atom stereocenters. The van der Waals surface area contributed by atoms with Gasteiger partial charge in [-0.1, -0.05) is 40.0 Å². The molecule has 0 heterocycles. The zero-order valence-corrected chi connectivity index (χ0v) is 10.1. The number of aliphatic hydroxyl groups is 1. The maximum Gasteiger partial charge on any atom is 0.0812 e. The van der Waals surface area contributed by atoms with Gasteiger partial charge in [0.25, 0.3) is 0 Å². The lowest BCUT2D eigenvalue weighted by molar-refractivity contribution is 0.102. The summed E-state index contributed by atoms with van der Waals surface area (Å²) in [6.45, 7) is 17.9. The molecule has 0 aromatic heterocycles. The van der Waals surface area contributed by atoms with E-state index < -0.39 is 6.10 Å². The van der Waals surface area contributed by atoms with Gasteiger partial charge in [0.05, 0.1) is 6.10 Å². The fourth-order valence-electron chi connectivity index (χ4n) is 1.63. The van der Waals surface area contributed by atoms with Gasteiger partial charge in [0.2, 0.25) is 0 Å². The van der Waals surface area contributed by atoms with Crippen LogP contribution in [0.5, 0.6) is 0 Å². The molecule has 0 amide bonds. The van der Waals surface area contributed by atoms with Crippen molar-refractivity contribution in [3.05, 3.63) is 24.8 Å². The van der Waals surface area contributed by atoms with Crippen molar-refractivity contribution in [3.63, 3.8) is 0 Å². The Bertz CT molecular complexity index is 235. The molecule has 1 N–H and O–H groups in total. The Morgan fingerprint density at radius 1 is 1.33 bits per heavy atom. The summed E-state index contributed by atoms with van der Waals surface area (Å²) >= 11 is 0. The molecular weight excluding hydrogens is 186 g/mol. The first-order chi connectivity index (χ1) is 6.95. The Morgan fingerprint density at radius 2 is 1.87 bits per heavy atom. The van der Waals surface area contributed by atoms with E-state index in [1.807, 2.05) is 6.92 Å². The predicted molar refractivity (Wildman–Crippen MR) is 67.3 cm³/mol. The van der Waals surface area contributed by atoms with Crippen molar-refractivity contribution in [3.8, 4) is 0 Å². The second kappa shape index (κ2) is 6.57. The van der Waals surface area contributed by atoms with E-state index in [2.05, 4.69) is 38.7 Å². The summed E-state index contributed by atoms with van der Waals surface area (Å²) in [5.74, 6) is 0.958. The van der Waals surface area contributed by atoms with E-state index in [-0.39, 0.29) is 5.92 Å². The minimum Gasteiger partial charge on any atom is -0.388 e. The van der Waals surface area contributed by atoms with Crippen LogP contribution in [0.25, 0.3) is 0 Å². The van der Waals surface area contributed by atoms with Crippen molar-refractivity contribution in [1.29, 1.82) is 0 Å². The monoisotopic (exact) mass is 209 g/mol. The van der Waals surface area contributed by atoms with Crippen LogP contribution >= 0.6 is 0 Å². The van der Waals surface area contributed by atoms with Crippen molar-refractivity contribution in [2.45, 2.75) is 26.9 Å². The van der Waals surface area contributed by atoms with E-state index in [9.17, 15) is 5.11 Å². The summed E-state index contributed by atoms with van der Waals surface area (Å²) in [7, 11) is 0. The topological polar surface area (TPSA) is 32.6 Å². The van der Waals surface area contributed by atoms with Crippen LogP contribution in [-0.4, -0.2) is 24.5 Å². The van der Waals surface area contributed by atoms with E-state index in [0.29, 0.717) is 17.4 Å². The van der Waals surface area contributed by atoms with Crippen LogP contribution in [0.15, 0.2) is 29.8 Å². The van der Waals surface area contributed by atoms with E-state index in [4.69, 9.17) is 0 Å². The molecule has 0 saturated carbocycles. The van der Waals surface area contributed by atoms with Gasteiger partial charge in [-0.2, -0.15) is 0 Å². The van der Waals surface area contributed by atoms with Gasteiger partial charge in [0.15, 0.2) is 0 Å². The summed E-state index contributed by atoms with van der Waals surface area (Å²) in [6, 6.07) is 0. The molecular formula is C13H23NO. The summed E-state index contributed by atoms with van der Waals surface area (Å²) in [5.41, 5.74) is 0.688. The molecule has 2 nitrogen and oxygen atoms in total. The minimum absolute atomic E-state index is 0.159. The van der Waals surface area contributed by atoms with Gasteiger partial charge < -0.3 is 10.1 Å². The predicted octanol–water partition coefficient (Wildman–Crippen LogP) is 2.70. The van der Waals surface area contributed by atoms with Crippen LogP contribution < -0.4 is 0 Å². The molecule has 0 aliphatic heterocycles. The van der Waals surface area contributed by atoms with Crippen LogP contribution in [0.1, 0.15) is 20.8 Å². The van der Waals surface area contributed by atoms with Crippen LogP contribution in [-0.2, 0) is 0 Å². The highest BCUT2D eigenvalue weighted by molar-refractivity contribution is 5.23. The van der Waals surface area contributed by atoms with Crippen LogP contribution in [0.2, 0.25) is 0 Å². The summed E-state index contributed by atoms with van der Waals surface area (Å²) < 4.78 is 0. The highest BCUT2D eigenvalue weighted by atomic mass is 16.3. The number of nitrogens with zero attached hydrogens (tertiary/aromatic N) is 1. The van der Waals surface area contributed by atoms with Crippen LogP contribution in [0.4, 0.5) is 0 Å². The Balaban J connectivity index is 4.41. The fraction of sp³-hybridized carbons (Fsp3) is 0.615. The summed E-state index contributed by atoms with van der Waals surface area (Å²) in [6.07, 6.45) is 1.11. The van der Waals surface area contributed by atoms with Crippen LogP contribution in [0.3, 0.4) is 0 Å². The van der Waals surface area contributed by atoms with E-state index in [1.54, 1.807) is 6.08 Å². The molecule has 0 aliphatic carbocycles. The molecule has 0 aromatic rings. The first kappa shape index (κ1) is 14.1. The summed E-state index contributed by atoms with van der Waals surface area (Å²) in [4.78, 5) is 3.89. The van der Waals surface area contributed by atoms with Crippen molar-refractivity contribution in [2.24, 2.45) is 22.7 Å². The highest BCUT2D eigenvalue weighted by Gasteiger charge is 2.25. The van der Waals surface area contributed by atoms with Gasteiger partial charge in [-0.25, -0.2) is 0 Å². The lowest BCUT2D eigenvalue weighted by atomic mass is 9.80. The minimum atomic E-state index is -0.509. The molecule has 0 aliphatic rings. The largest absolute Gasteiger partial charge is 0.388 e. The first-order valence-corrected chi connectivity index (χ1v) is 5.37. The SMILES string of the molecule is C=CC(=C)C(O)C(C)C(C)C(C)CN=C. The zero-order valence-electron chi connectivity index (χ0n) is 10.1.